The molecule has 21 heavy (non-hydrogen) atoms. The molecule has 0 radical (unpaired) electrons. The molecule has 110 valence electrons. The van der Waals surface area contributed by atoms with Crippen LogP contribution in [0.1, 0.15) is 17.3 Å². The van der Waals surface area contributed by atoms with Gasteiger partial charge in [-0.15, -0.1) is 0 Å². The highest BCUT2D eigenvalue weighted by molar-refractivity contribution is 9.11. The lowest BCUT2D eigenvalue weighted by molar-refractivity contribution is 0.102. The summed E-state index contributed by atoms with van der Waals surface area (Å²) in [7, 11) is 0. The van der Waals surface area contributed by atoms with Gasteiger partial charge in [0, 0.05) is 14.6 Å². The molecule has 0 spiro atoms. The number of hydrogen-bond acceptors (Lipinski definition) is 2. The van der Waals surface area contributed by atoms with Gasteiger partial charge in [0.2, 0.25) is 0 Å². The van der Waals surface area contributed by atoms with E-state index in [0.717, 1.165) is 4.47 Å². The average molecular weight is 434 g/mol. The lowest BCUT2D eigenvalue weighted by atomic mass is 10.2. The molecule has 1 N–H and O–H groups in total. The molecule has 0 unspecified atom stereocenters. The van der Waals surface area contributed by atoms with E-state index in [4.69, 9.17) is 16.3 Å². The smallest absolute Gasteiger partial charge is 0.256 e. The van der Waals surface area contributed by atoms with E-state index in [1.807, 2.05) is 19.1 Å². The van der Waals surface area contributed by atoms with E-state index in [1.54, 1.807) is 24.3 Å². The van der Waals surface area contributed by atoms with Crippen LogP contribution in [-0.2, 0) is 0 Å². The number of nitrogens with one attached hydrogen (secondary N) is 1. The third-order valence-corrected chi connectivity index (χ3v) is 4.11. The van der Waals surface area contributed by atoms with Crippen molar-refractivity contribution in [3.63, 3.8) is 0 Å². The van der Waals surface area contributed by atoms with Crippen LogP contribution in [0.5, 0.6) is 5.75 Å². The van der Waals surface area contributed by atoms with Crippen LogP contribution >= 0.6 is 43.5 Å². The molecular formula is C15H12Br2ClNO2. The zero-order chi connectivity index (χ0) is 15.4. The van der Waals surface area contributed by atoms with Gasteiger partial charge in [-0.1, -0.05) is 27.5 Å². The summed E-state index contributed by atoms with van der Waals surface area (Å²) >= 11 is 12.8. The summed E-state index contributed by atoms with van der Waals surface area (Å²) in [4.78, 5) is 12.2. The SMILES string of the molecule is CCOc1ccc(NC(=O)c2ccc(Br)cc2Br)cc1Cl. The van der Waals surface area contributed by atoms with Crippen LogP contribution in [0.2, 0.25) is 5.02 Å². The fourth-order valence-corrected chi connectivity index (χ4v) is 3.19. The number of ether oxygens (including phenoxy) is 1. The predicted molar refractivity (Wildman–Crippen MR) is 92.4 cm³/mol. The Bertz CT molecular complexity index is 677. The van der Waals surface area contributed by atoms with Crippen LogP contribution in [0.15, 0.2) is 45.3 Å². The van der Waals surface area contributed by atoms with Crippen molar-refractivity contribution in [2.75, 3.05) is 11.9 Å². The Morgan fingerprint density at radius 3 is 2.62 bits per heavy atom. The summed E-state index contributed by atoms with van der Waals surface area (Å²) in [5.74, 6) is 0.386. The molecule has 0 aliphatic carbocycles. The standard InChI is InChI=1S/C15H12Br2ClNO2/c1-2-21-14-6-4-10(8-13(14)18)19-15(20)11-5-3-9(16)7-12(11)17/h3-8H,2H2,1H3,(H,19,20). The quantitative estimate of drug-likeness (QED) is 0.690. The molecule has 0 aliphatic heterocycles. The zero-order valence-corrected chi connectivity index (χ0v) is 15.0. The van der Waals surface area contributed by atoms with Gasteiger partial charge in [-0.25, -0.2) is 0 Å². The summed E-state index contributed by atoms with van der Waals surface area (Å²) in [6.07, 6.45) is 0. The molecule has 0 saturated heterocycles. The normalized spacial score (nSPS) is 10.3. The van der Waals surface area contributed by atoms with Gasteiger partial charge >= 0.3 is 0 Å². The average Bonchev–Trinajstić information content (AvgIpc) is 2.41. The first-order valence-electron chi connectivity index (χ1n) is 6.20. The summed E-state index contributed by atoms with van der Waals surface area (Å²) < 4.78 is 6.97. The Morgan fingerprint density at radius 2 is 2.00 bits per heavy atom. The highest BCUT2D eigenvalue weighted by Crippen LogP contribution is 2.28. The maximum atomic E-state index is 12.2. The minimum Gasteiger partial charge on any atom is -0.492 e. The fourth-order valence-electron chi connectivity index (χ4n) is 1.72. The lowest BCUT2D eigenvalue weighted by Gasteiger charge is -2.10. The van der Waals surface area contributed by atoms with Gasteiger partial charge in [0.15, 0.2) is 0 Å². The molecule has 0 fully saturated rings. The van der Waals surface area contributed by atoms with Gasteiger partial charge in [0.05, 0.1) is 17.2 Å². The van der Waals surface area contributed by atoms with Gasteiger partial charge in [-0.2, -0.15) is 0 Å². The maximum absolute atomic E-state index is 12.2. The maximum Gasteiger partial charge on any atom is 0.256 e. The summed E-state index contributed by atoms with van der Waals surface area (Å²) in [5, 5.41) is 3.27. The minimum absolute atomic E-state index is 0.213. The van der Waals surface area contributed by atoms with Crippen LogP contribution < -0.4 is 10.1 Å². The Kier molecular flexibility index (Phi) is 5.67. The topological polar surface area (TPSA) is 38.3 Å². The van der Waals surface area contributed by atoms with Gasteiger partial charge in [0.25, 0.3) is 5.91 Å². The fraction of sp³-hybridized carbons (Fsp3) is 0.133. The van der Waals surface area contributed by atoms with Crippen LogP contribution in [0.3, 0.4) is 0 Å². The minimum atomic E-state index is -0.213. The van der Waals surface area contributed by atoms with Gasteiger partial charge in [-0.3, -0.25) is 4.79 Å². The van der Waals surface area contributed by atoms with Crippen molar-refractivity contribution >= 4 is 55.1 Å². The van der Waals surface area contributed by atoms with E-state index in [2.05, 4.69) is 37.2 Å². The summed E-state index contributed by atoms with van der Waals surface area (Å²) in [5.41, 5.74) is 1.16. The first-order chi connectivity index (χ1) is 10.0. The van der Waals surface area contributed by atoms with E-state index >= 15 is 0 Å². The Morgan fingerprint density at radius 1 is 1.24 bits per heavy atom. The third kappa shape index (κ3) is 4.22. The number of rotatable bonds is 4. The van der Waals surface area contributed by atoms with Crippen molar-refractivity contribution in [3.8, 4) is 5.75 Å². The molecule has 0 atom stereocenters. The van der Waals surface area contributed by atoms with Crippen LogP contribution in [0.25, 0.3) is 0 Å². The first kappa shape index (κ1) is 16.3. The van der Waals surface area contributed by atoms with E-state index < -0.39 is 0 Å². The van der Waals surface area contributed by atoms with Gasteiger partial charge < -0.3 is 10.1 Å². The molecule has 2 aromatic rings. The monoisotopic (exact) mass is 431 g/mol. The molecule has 0 bridgehead atoms. The second-order valence-electron chi connectivity index (χ2n) is 4.16. The number of anilines is 1. The van der Waals surface area contributed by atoms with Crippen LogP contribution in [0.4, 0.5) is 5.69 Å². The highest BCUT2D eigenvalue weighted by Gasteiger charge is 2.11. The molecule has 1 amide bonds. The molecule has 3 nitrogen and oxygen atoms in total. The van der Waals surface area contributed by atoms with Gasteiger partial charge in [-0.05, 0) is 59.3 Å². The van der Waals surface area contributed by atoms with E-state index in [9.17, 15) is 4.79 Å². The molecular weight excluding hydrogens is 421 g/mol. The Balaban J connectivity index is 2.17. The Labute approximate surface area is 144 Å². The van der Waals surface area contributed by atoms with Crippen molar-refractivity contribution in [3.05, 3.63) is 55.9 Å². The molecule has 2 rings (SSSR count). The van der Waals surface area contributed by atoms with Crippen LogP contribution in [0, 0.1) is 0 Å². The van der Waals surface area contributed by atoms with Crippen molar-refractivity contribution < 1.29 is 9.53 Å². The number of hydrogen-bond donors (Lipinski definition) is 1. The molecule has 0 saturated carbocycles. The Hall–Kier alpha value is -1.04. The zero-order valence-electron chi connectivity index (χ0n) is 11.1. The van der Waals surface area contributed by atoms with E-state index in [-0.39, 0.29) is 5.91 Å². The van der Waals surface area contributed by atoms with E-state index in [0.29, 0.717) is 33.1 Å². The van der Waals surface area contributed by atoms with Crippen molar-refractivity contribution in [2.45, 2.75) is 6.92 Å². The highest BCUT2D eigenvalue weighted by atomic mass is 79.9. The number of amides is 1. The number of benzene rings is 2. The van der Waals surface area contributed by atoms with Crippen LogP contribution in [-0.4, -0.2) is 12.5 Å². The summed E-state index contributed by atoms with van der Waals surface area (Å²) in [6, 6.07) is 10.5. The molecule has 0 aliphatic rings. The number of carbonyl (C=O) groups is 1. The number of carbonyl (C=O) groups excluding carboxylic acids is 1. The molecule has 6 heteroatoms. The molecule has 0 heterocycles. The second kappa shape index (κ2) is 7.29. The molecule has 2 aromatic carbocycles. The predicted octanol–water partition coefficient (Wildman–Crippen LogP) is 5.52. The van der Waals surface area contributed by atoms with Crippen molar-refractivity contribution in [1.82, 2.24) is 0 Å². The third-order valence-electron chi connectivity index (χ3n) is 2.67. The first-order valence-corrected chi connectivity index (χ1v) is 8.16. The second-order valence-corrected chi connectivity index (χ2v) is 6.33. The summed E-state index contributed by atoms with van der Waals surface area (Å²) in [6.45, 7) is 2.42. The van der Waals surface area contributed by atoms with Gasteiger partial charge in [0.1, 0.15) is 5.75 Å². The molecule has 0 aromatic heterocycles. The lowest BCUT2D eigenvalue weighted by Crippen LogP contribution is -2.12. The van der Waals surface area contributed by atoms with Crippen molar-refractivity contribution in [1.29, 1.82) is 0 Å². The van der Waals surface area contributed by atoms with E-state index in [1.165, 1.54) is 0 Å². The van der Waals surface area contributed by atoms with Crippen molar-refractivity contribution in [2.24, 2.45) is 0 Å². The number of halogens is 3. The largest absolute Gasteiger partial charge is 0.492 e.